The molecule has 142 valence electrons. The van der Waals surface area contributed by atoms with Crippen LogP contribution in [-0.4, -0.2) is 15.9 Å². The van der Waals surface area contributed by atoms with E-state index < -0.39 is 0 Å². The molecule has 0 bridgehead atoms. The molecule has 0 aliphatic carbocycles. The largest absolute Gasteiger partial charge is 0.436 e. The lowest BCUT2D eigenvalue weighted by Gasteiger charge is -2.10. The topological polar surface area (TPSA) is 68.0 Å². The third-order valence-electron chi connectivity index (χ3n) is 4.09. The zero-order chi connectivity index (χ0) is 19.9. The molecule has 0 fully saturated rings. The molecule has 2 aromatic heterocycles. The van der Waals surface area contributed by atoms with Gasteiger partial charge in [-0.3, -0.25) is 9.78 Å². The van der Waals surface area contributed by atoms with E-state index in [1.807, 2.05) is 25.1 Å². The predicted molar refractivity (Wildman–Crippen MR) is 113 cm³/mol. The average Bonchev–Trinajstić information content (AvgIpc) is 3.14. The van der Waals surface area contributed by atoms with E-state index in [9.17, 15) is 4.79 Å². The molecule has 1 N–H and O–H groups in total. The molecule has 1 atom stereocenters. The summed E-state index contributed by atoms with van der Waals surface area (Å²) in [5.41, 5.74) is 2.84. The van der Waals surface area contributed by atoms with Gasteiger partial charge < -0.3 is 9.73 Å². The molecule has 0 spiro atoms. The minimum absolute atomic E-state index is 0.0920. The Kier molecular flexibility index (Phi) is 6.40. The lowest BCUT2D eigenvalue weighted by Crippen LogP contribution is -2.19. The summed E-state index contributed by atoms with van der Waals surface area (Å²) in [6.07, 6.45) is 10.8. The number of nitrogens with zero attached hydrogens (tertiary/aromatic N) is 2. The summed E-state index contributed by atoms with van der Waals surface area (Å²) in [5, 5.41) is 3.49. The Labute approximate surface area is 168 Å². The van der Waals surface area contributed by atoms with Crippen molar-refractivity contribution in [3.05, 3.63) is 78.6 Å². The third-order valence-corrected chi connectivity index (χ3v) is 4.37. The number of carbonyl (C=O) groups excluding carboxylic acids is 1. The Morgan fingerprint density at radius 1 is 1.32 bits per heavy atom. The van der Waals surface area contributed by atoms with E-state index in [-0.39, 0.29) is 11.8 Å². The normalized spacial score (nSPS) is 13.0. The van der Waals surface area contributed by atoms with Gasteiger partial charge in [0.1, 0.15) is 5.52 Å². The standard InChI is InChI=1S/C22H20ClN3O2/c1-3-4-5-17(23)7-6-15(2)21(27)25-18-8-9-20-19(14-18)26-22(28-20)16-10-12-24-13-11-16/h3-5,7-15H,1,6H2,2H3,(H,25,27). The van der Waals surface area contributed by atoms with Gasteiger partial charge >= 0.3 is 0 Å². The maximum absolute atomic E-state index is 12.4. The van der Waals surface area contributed by atoms with Gasteiger partial charge in [0.2, 0.25) is 11.8 Å². The van der Waals surface area contributed by atoms with Crippen molar-refractivity contribution < 1.29 is 9.21 Å². The molecule has 6 heteroatoms. The fourth-order valence-corrected chi connectivity index (χ4v) is 2.67. The smallest absolute Gasteiger partial charge is 0.227 e. The first kappa shape index (κ1) is 19.6. The highest BCUT2D eigenvalue weighted by Crippen LogP contribution is 2.26. The van der Waals surface area contributed by atoms with Gasteiger partial charge in [0.05, 0.1) is 0 Å². The molecule has 2 heterocycles. The lowest BCUT2D eigenvalue weighted by molar-refractivity contribution is -0.119. The van der Waals surface area contributed by atoms with E-state index in [1.54, 1.807) is 48.8 Å². The van der Waals surface area contributed by atoms with Crippen molar-refractivity contribution in [3.63, 3.8) is 0 Å². The fraction of sp³-hybridized carbons (Fsp3) is 0.136. The molecule has 1 amide bonds. The predicted octanol–water partition coefficient (Wildman–Crippen LogP) is 5.72. The first-order valence-electron chi connectivity index (χ1n) is 8.83. The van der Waals surface area contributed by atoms with Crippen molar-refractivity contribution in [1.29, 1.82) is 0 Å². The molecule has 0 saturated heterocycles. The Bertz CT molecular complexity index is 1040. The highest BCUT2D eigenvalue weighted by Gasteiger charge is 2.14. The van der Waals surface area contributed by atoms with E-state index >= 15 is 0 Å². The number of oxazole rings is 1. The van der Waals surface area contributed by atoms with Crippen LogP contribution in [0.3, 0.4) is 0 Å². The number of aromatic nitrogens is 2. The number of nitrogens with one attached hydrogen (secondary N) is 1. The highest BCUT2D eigenvalue weighted by molar-refractivity contribution is 6.31. The van der Waals surface area contributed by atoms with Crippen LogP contribution in [-0.2, 0) is 4.79 Å². The molecule has 0 saturated carbocycles. The van der Waals surface area contributed by atoms with Crippen LogP contribution in [0.4, 0.5) is 5.69 Å². The van der Waals surface area contributed by atoms with Gasteiger partial charge in [-0.1, -0.05) is 43.3 Å². The van der Waals surface area contributed by atoms with Crippen LogP contribution in [0.5, 0.6) is 0 Å². The van der Waals surface area contributed by atoms with Crippen LogP contribution in [0.1, 0.15) is 13.3 Å². The van der Waals surface area contributed by atoms with E-state index in [0.717, 1.165) is 5.56 Å². The number of anilines is 1. The molecular formula is C22H20ClN3O2. The van der Waals surface area contributed by atoms with Crippen LogP contribution >= 0.6 is 11.6 Å². The number of hydrogen-bond acceptors (Lipinski definition) is 4. The summed E-state index contributed by atoms with van der Waals surface area (Å²) in [7, 11) is 0. The zero-order valence-electron chi connectivity index (χ0n) is 15.4. The molecule has 3 aromatic rings. The number of hydrogen-bond donors (Lipinski definition) is 1. The van der Waals surface area contributed by atoms with E-state index in [2.05, 4.69) is 21.9 Å². The Balaban J connectivity index is 1.69. The maximum Gasteiger partial charge on any atom is 0.227 e. The number of fused-ring (bicyclic) bond motifs is 1. The van der Waals surface area contributed by atoms with Gasteiger partial charge in [0.25, 0.3) is 0 Å². The minimum atomic E-state index is -0.230. The molecule has 1 unspecified atom stereocenters. The molecule has 1 aromatic carbocycles. The molecule has 5 nitrogen and oxygen atoms in total. The molecule has 28 heavy (non-hydrogen) atoms. The van der Waals surface area contributed by atoms with E-state index in [4.69, 9.17) is 16.0 Å². The number of carbonyl (C=O) groups is 1. The second-order valence-electron chi connectivity index (χ2n) is 6.25. The van der Waals surface area contributed by atoms with Crippen molar-refractivity contribution in [2.45, 2.75) is 13.3 Å². The van der Waals surface area contributed by atoms with Gasteiger partial charge in [0.15, 0.2) is 5.58 Å². The summed E-state index contributed by atoms with van der Waals surface area (Å²) >= 11 is 6.06. The highest BCUT2D eigenvalue weighted by atomic mass is 35.5. The van der Waals surface area contributed by atoms with Crippen molar-refractivity contribution in [2.75, 3.05) is 5.32 Å². The van der Waals surface area contributed by atoms with Crippen molar-refractivity contribution >= 4 is 34.3 Å². The number of pyridine rings is 1. The number of rotatable bonds is 7. The minimum Gasteiger partial charge on any atom is -0.436 e. The van der Waals surface area contributed by atoms with Crippen molar-refractivity contribution in [3.8, 4) is 11.5 Å². The Morgan fingerprint density at radius 2 is 2.11 bits per heavy atom. The van der Waals surface area contributed by atoms with Gasteiger partial charge in [-0.25, -0.2) is 4.98 Å². The van der Waals surface area contributed by atoms with E-state index in [0.29, 0.717) is 34.1 Å². The summed E-state index contributed by atoms with van der Waals surface area (Å²) < 4.78 is 5.77. The SMILES string of the molecule is C=CC=CC(Cl)=CCC(C)C(=O)Nc1ccc2oc(-c3ccncc3)nc2c1. The first-order chi connectivity index (χ1) is 13.6. The van der Waals surface area contributed by atoms with Crippen LogP contribution in [0, 0.1) is 5.92 Å². The lowest BCUT2D eigenvalue weighted by atomic mass is 10.1. The number of amides is 1. The number of halogens is 1. The first-order valence-corrected chi connectivity index (χ1v) is 9.21. The van der Waals surface area contributed by atoms with Crippen LogP contribution in [0.25, 0.3) is 22.6 Å². The fourth-order valence-electron chi connectivity index (χ4n) is 2.51. The quantitative estimate of drug-likeness (QED) is 0.521. The number of allylic oxidation sites excluding steroid dienone is 5. The van der Waals surface area contributed by atoms with Crippen molar-refractivity contribution in [1.82, 2.24) is 9.97 Å². The van der Waals surface area contributed by atoms with Crippen molar-refractivity contribution in [2.24, 2.45) is 5.92 Å². The Hall–Kier alpha value is -3.18. The maximum atomic E-state index is 12.4. The summed E-state index contributed by atoms with van der Waals surface area (Å²) in [5.74, 6) is 0.193. The second kappa shape index (κ2) is 9.15. The summed E-state index contributed by atoms with van der Waals surface area (Å²) in [6.45, 7) is 5.44. The van der Waals surface area contributed by atoms with Gasteiger partial charge in [-0.15, -0.1) is 0 Å². The van der Waals surface area contributed by atoms with Crippen LogP contribution in [0.2, 0.25) is 0 Å². The molecule has 0 aliphatic heterocycles. The Morgan fingerprint density at radius 3 is 2.86 bits per heavy atom. The molecule has 0 radical (unpaired) electrons. The third kappa shape index (κ3) is 4.96. The molecular weight excluding hydrogens is 374 g/mol. The monoisotopic (exact) mass is 393 g/mol. The van der Waals surface area contributed by atoms with Gasteiger partial charge in [0, 0.05) is 34.6 Å². The molecule has 0 aliphatic rings. The average molecular weight is 394 g/mol. The van der Waals surface area contributed by atoms with E-state index in [1.165, 1.54) is 0 Å². The molecule has 3 rings (SSSR count). The van der Waals surface area contributed by atoms with Gasteiger partial charge in [-0.2, -0.15) is 0 Å². The zero-order valence-corrected chi connectivity index (χ0v) is 16.2. The van der Waals surface area contributed by atoms with Crippen LogP contribution in [0.15, 0.2) is 83.1 Å². The second-order valence-corrected chi connectivity index (χ2v) is 6.68. The number of benzene rings is 1. The summed E-state index contributed by atoms with van der Waals surface area (Å²) in [4.78, 5) is 20.9. The summed E-state index contributed by atoms with van der Waals surface area (Å²) in [6, 6.07) is 9.05. The van der Waals surface area contributed by atoms with Crippen LogP contribution < -0.4 is 5.32 Å². The van der Waals surface area contributed by atoms with Gasteiger partial charge in [-0.05, 0) is 42.8 Å².